The zero-order chi connectivity index (χ0) is 18.2. The molecule has 0 spiro atoms. The molecule has 0 amide bonds. The number of nitrogens with zero attached hydrogens (tertiary/aromatic N) is 1. The molecule has 1 heterocycles. The number of hydrogen-bond acceptors (Lipinski definition) is 4. The van der Waals surface area contributed by atoms with Crippen molar-refractivity contribution >= 4 is 29.9 Å². The highest BCUT2D eigenvalue weighted by Crippen LogP contribution is 2.32. The first kappa shape index (κ1) is 21.1. The van der Waals surface area contributed by atoms with E-state index in [9.17, 15) is 0 Å². The van der Waals surface area contributed by atoms with Crippen molar-refractivity contribution in [3.05, 3.63) is 53.6 Å². The standard InChI is InChI=1S/C20H25N3O3.HI/c1-3-21-20(23-13-16-5-4-6-17(11-16)24-2)22-10-9-15-7-8-18-19(12-15)26-14-25-18;/h4-8,11-12H,3,9-10,13-14H2,1-2H3,(H2,21,22,23);1H. The molecule has 146 valence electrons. The van der Waals surface area contributed by atoms with E-state index >= 15 is 0 Å². The number of methoxy groups -OCH3 is 1. The van der Waals surface area contributed by atoms with Crippen LogP contribution in [-0.4, -0.2) is 33.0 Å². The first-order chi connectivity index (χ1) is 12.8. The number of aliphatic imine (C=N–C) groups is 1. The van der Waals surface area contributed by atoms with Gasteiger partial charge in [-0.05, 0) is 48.7 Å². The minimum atomic E-state index is 0. The zero-order valence-corrected chi connectivity index (χ0v) is 18.0. The fourth-order valence-electron chi connectivity index (χ4n) is 2.70. The maximum atomic E-state index is 5.42. The van der Waals surface area contributed by atoms with Gasteiger partial charge in [0.05, 0.1) is 13.7 Å². The minimum absolute atomic E-state index is 0. The van der Waals surface area contributed by atoms with Crippen LogP contribution in [0.1, 0.15) is 18.1 Å². The largest absolute Gasteiger partial charge is 0.497 e. The maximum Gasteiger partial charge on any atom is 0.231 e. The molecule has 0 aliphatic carbocycles. The van der Waals surface area contributed by atoms with Gasteiger partial charge in [0.1, 0.15) is 5.75 Å². The van der Waals surface area contributed by atoms with Crippen LogP contribution >= 0.6 is 24.0 Å². The van der Waals surface area contributed by atoms with E-state index in [1.54, 1.807) is 7.11 Å². The van der Waals surface area contributed by atoms with E-state index in [4.69, 9.17) is 14.2 Å². The first-order valence-corrected chi connectivity index (χ1v) is 8.82. The molecule has 1 aliphatic rings. The smallest absolute Gasteiger partial charge is 0.231 e. The van der Waals surface area contributed by atoms with Crippen LogP contribution in [0, 0.1) is 0 Å². The highest BCUT2D eigenvalue weighted by molar-refractivity contribution is 14.0. The van der Waals surface area contributed by atoms with E-state index in [1.807, 2.05) is 36.4 Å². The second-order valence-corrected chi connectivity index (χ2v) is 5.91. The fourth-order valence-corrected chi connectivity index (χ4v) is 2.70. The van der Waals surface area contributed by atoms with Crippen molar-refractivity contribution in [3.63, 3.8) is 0 Å². The van der Waals surface area contributed by atoms with Crippen LogP contribution in [0.5, 0.6) is 17.2 Å². The summed E-state index contributed by atoms with van der Waals surface area (Å²) in [6.07, 6.45) is 0.875. The number of nitrogens with one attached hydrogen (secondary N) is 2. The van der Waals surface area contributed by atoms with E-state index in [0.717, 1.165) is 48.3 Å². The van der Waals surface area contributed by atoms with Crippen LogP contribution in [0.2, 0.25) is 0 Å². The van der Waals surface area contributed by atoms with Crippen LogP contribution in [0.3, 0.4) is 0 Å². The Morgan fingerprint density at radius 3 is 2.74 bits per heavy atom. The van der Waals surface area contributed by atoms with Crippen molar-refractivity contribution in [2.45, 2.75) is 19.9 Å². The van der Waals surface area contributed by atoms with Crippen molar-refractivity contribution in [2.24, 2.45) is 4.99 Å². The second-order valence-electron chi connectivity index (χ2n) is 5.91. The summed E-state index contributed by atoms with van der Waals surface area (Å²) in [6.45, 7) is 4.55. The number of ether oxygens (including phenoxy) is 3. The van der Waals surface area contributed by atoms with Crippen molar-refractivity contribution < 1.29 is 14.2 Å². The third-order valence-electron chi connectivity index (χ3n) is 4.04. The van der Waals surface area contributed by atoms with Gasteiger partial charge in [0.25, 0.3) is 0 Å². The quantitative estimate of drug-likeness (QED) is 0.360. The molecule has 0 unspecified atom stereocenters. The third kappa shape index (κ3) is 6.20. The van der Waals surface area contributed by atoms with Crippen LogP contribution in [0.15, 0.2) is 47.5 Å². The van der Waals surface area contributed by atoms with Crippen LogP contribution in [0.25, 0.3) is 0 Å². The molecule has 7 heteroatoms. The van der Waals surface area contributed by atoms with Gasteiger partial charge in [-0.15, -0.1) is 24.0 Å². The molecular weight excluding hydrogens is 457 g/mol. The van der Waals surface area contributed by atoms with E-state index in [0.29, 0.717) is 13.3 Å². The number of halogens is 1. The average molecular weight is 483 g/mol. The van der Waals surface area contributed by atoms with Gasteiger partial charge in [-0.3, -0.25) is 0 Å². The van der Waals surface area contributed by atoms with Crippen molar-refractivity contribution in [3.8, 4) is 17.2 Å². The molecule has 2 aromatic carbocycles. The number of guanidine groups is 1. The minimum Gasteiger partial charge on any atom is -0.497 e. The summed E-state index contributed by atoms with van der Waals surface area (Å²) in [7, 11) is 1.67. The number of fused-ring (bicyclic) bond motifs is 1. The van der Waals surface area contributed by atoms with Gasteiger partial charge in [-0.25, -0.2) is 4.99 Å². The molecule has 0 fully saturated rings. The SMILES string of the molecule is CCNC(=NCc1cccc(OC)c1)NCCc1ccc2c(c1)OCO2.I. The third-order valence-corrected chi connectivity index (χ3v) is 4.04. The normalized spacial score (nSPS) is 12.3. The number of benzene rings is 2. The van der Waals surface area contributed by atoms with Gasteiger partial charge >= 0.3 is 0 Å². The van der Waals surface area contributed by atoms with Gasteiger partial charge in [-0.1, -0.05) is 18.2 Å². The van der Waals surface area contributed by atoms with Crippen LogP contribution in [-0.2, 0) is 13.0 Å². The summed E-state index contributed by atoms with van der Waals surface area (Å²) >= 11 is 0. The van der Waals surface area contributed by atoms with Gasteiger partial charge in [0.2, 0.25) is 6.79 Å². The second kappa shape index (κ2) is 10.9. The Balaban J connectivity index is 0.00000261. The molecule has 0 aromatic heterocycles. The lowest BCUT2D eigenvalue weighted by atomic mass is 10.1. The summed E-state index contributed by atoms with van der Waals surface area (Å²) in [5.74, 6) is 3.28. The Bertz CT molecular complexity index is 768. The molecule has 0 radical (unpaired) electrons. The van der Waals surface area contributed by atoms with Gasteiger partial charge in [-0.2, -0.15) is 0 Å². The van der Waals surface area contributed by atoms with Crippen molar-refractivity contribution in [1.29, 1.82) is 0 Å². The Labute approximate surface area is 177 Å². The predicted molar refractivity (Wildman–Crippen MR) is 117 cm³/mol. The monoisotopic (exact) mass is 483 g/mol. The Morgan fingerprint density at radius 1 is 1.07 bits per heavy atom. The molecule has 0 bridgehead atoms. The predicted octanol–water partition coefficient (Wildman–Crippen LogP) is 3.34. The van der Waals surface area contributed by atoms with Crippen molar-refractivity contribution in [1.82, 2.24) is 10.6 Å². The van der Waals surface area contributed by atoms with E-state index in [2.05, 4.69) is 28.6 Å². The molecule has 0 saturated heterocycles. The molecule has 6 nitrogen and oxygen atoms in total. The van der Waals surface area contributed by atoms with E-state index in [1.165, 1.54) is 5.56 Å². The summed E-state index contributed by atoms with van der Waals surface area (Å²) < 4.78 is 16.0. The summed E-state index contributed by atoms with van der Waals surface area (Å²) in [6, 6.07) is 14.0. The van der Waals surface area contributed by atoms with Crippen LogP contribution < -0.4 is 24.8 Å². The molecule has 0 saturated carbocycles. The summed E-state index contributed by atoms with van der Waals surface area (Å²) in [5, 5.41) is 6.64. The Morgan fingerprint density at radius 2 is 1.93 bits per heavy atom. The van der Waals surface area contributed by atoms with E-state index in [-0.39, 0.29) is 24.0 Å². The highest BCUT2D eigenvalue weighted by Gasteiger charge is 2.12. The van der Waals surface area contributed by atoms with Gasteiger partial charge in [0.15, 0.2) is 17.5 Å². The molecule has 1 aliphatic heterocycles. The molecular formula is C20H26IN3O3. The fraction of sp³-hybridized carbons (Fsp3) is 0.350. The lowest BCUT2D eigenvalue weighted by Gasteiger charge is -2.12. The first-order valence-electron chi connectivity index (χ1n) is 8.82. The molecule has 3 rings (SSSR count). The summed E-state index contributed by atoms with van der Waals surface area (Å²) in [5.41, 5.74) is 2.31. The van der Waals surface area contributed by atoms with Gasteiger partial charge < -0.3 is 24.8 Å². The van der Waals surface area contributed by atoms with E-state index < -0.39 is 0 Å². The Hall–Kier alpha value is -2.16. The lowest BCUT2D eigenvalue weighted by Crippen LogP contribution is -2.38. The average Bonchev–Trinajstić information content (AvgIpc) is 3.14. The maximum absolute atomic E-state index is 5.42. The number of hydrogen-bond donors (Lipinski definition) is 2. The highest BCUT2D eigenvalue weighted by atomic mass is 127. The molecule has 2 N–H and O–H groups in total. The zero-order valence-electron chi connectivity index (χ0n) is 15.7. The molecule has 0 atom stereocenters. The van der Waals surface area contributed by atoms with Crippen LogP contribution in [0.4, 0.5) is 0 Å². The Kier molecular flexibility index (Phi) is 8.50. The molecule has 2 aromatic rings. The number of rotatable bonds is 7. The molecule has 27 heavy (non-hydrogen) atoms. The van der Waals surface area contributed by atoms with Gasteiger partial charge in [0, 0.05) is 13.1 Å². The van der Waals surface area contributed by atoms with Crippen molar-refractivity contribution in [2.75, 3.05) is 27.0 Å². The lowest BCUT2D eigenvalue weighted by molar-refractivity contribution is 0.174. The summed E-state index contributed by atoms with van der Waals surface area (Å²) in [4.78, 5) is 4.64. The topological polar surface area (TPSA) is 64.1 Å².